The van der Waals surface area contributed by atoms with Gasteiger partial charge in [0.1, 0.15) is 17.9 Å². The Bertz CT molecular complexity index is 525. The van der Waals surface area contributed by atoms with E-state index >= 15 is 0 Å². The predicted octanol–water partition coefficient (Wildman–Crippen LogP) is 3.38. The molecular formula is C11H10Cl2N2O2S2. The molecule has 1 heterocycles. The molecule has 1 aromatic heterocycles. The van der Waals surface area contributed by atoms with Gasteiger partial charge in [-0.15, -0.1) is 10.2 Å². The van der Waals surface area contributed by atoms with Crippen LogP contribution in [0.1, 0.15) is 0 Å². The van der Waals surface area contributed by atoms with Crippen LogP contribution in [0.4, 0.5) is 0 Å². The number of hydrogen-bond donors (Lipinski definition) is 1. The minimum atomic E-state index is -0.611. The molecule has 1 atom stereocenters. The maximum atomic E-state index is 9.80. The Balaban J connectivity index is 1.78. The molecule has 0 aliphatic rings. The summed E-state index contributed by atoms with van der Waals surface area (Å²) < 4.78 is 6.26. The molecule has 0 spiro atoms. The Morgan fingerprint density at radius 2 is 2.26 bits per heavy atom. The molecule has 0 bridgehead atoms. The van der Waals surface area contributed by atoms with Gasteiger partial charge in [0.15, 0.2) is 4.34 Å². The number of nitrogens with zero attached hydrogens (tertiary/aromatic N) is 2. The Morgan fingerprint density at radius 3 is 2.95 bits per heavy atom. The number of hydrogen-bond acceptors (Lipinski definition) is 6. The first-order chi connectivity index (χ1) is 9.15. The molecule has 8 heteroatoms. The van der Waals surface area contributed by atoms with Gasteiger partial charge in [0.25, 0.3) is 0 Å². The first kappa shape index (κ1) is 14.9. The van der Waals surface area contributed by atoms with Crippen LogP contribution in [0.25, 0.3) is 0 Å². The van der Waals surface area contributed by atoms with Crippen LogP contribution in [-0.2, 0) is 0 Å². The molecule has 1 aromatic carbocycles. The molecule has 102 valence electrons. The van der Waals surface area contributed by atoms with Crippen molar-refractivity contribution in [2.24, 2.45) is 0 Å². The summed E-state index contributed by atoms with van der Waals surface area (Å²) in [5.74, 6) is 0.992. The van der Waals surface area contributed by atoms with Crippen molar-refractivity contribution in [2.75, 3.05) is 12.4 Å². The highest BCUT2D eigenvalue weighted by molar-refractivity contribution is 8.01. The SMILES string of the molecule is OC(COc1ccc(Cl)cc1Cl)CSc1nncs1. The molecule has 0 saturated heterocycles. The van der Waals surface area contributed by atoms with Crippen LogP contribution in [0.2, 0.25) is 10.0 Å². The number of rotatable bonds is 6. The molecular weight excluding hydrogens is 327 g/mol. The Kier molecular flexibility index (Phi) is 5.72. The van der Waals surface area contributed by atoms with Crippen LogP contribution >= 0.6 is 46.3 Å². The van der Waals surface area contributed by atoms with E-state index in [4.69, 9.17) is 27.9 Å². The average Bonchev–Trinajstić information content (AvgIpc) is 2.88. The van der Waals surface area contributed by atoms with Gasteiger partial charge < -0.3 is 9.84 Å². The van der Waals surface area contributed by atoms with E-state index in [-0.39, 0.29) is 6.61 Å². The quantitative estimate of drug-likeness (QED) is 0.819. The van der Waals surface area contributed by atoms with Gasteiger partial charge in [-0.2, -0.15) is 0 Å². The fraction of sp³-hybridized carbons (Fsp3) is 0.273. The van der Waals surface area contributed by atoms with Gasteiger partial charge in [-0.1, -0.05) is 46.3 Å². The van der Waals surface area contributed by atoms with Crippen LogP contribution in [0.3, 0.4) is 0 Å². The lowest BCUT2D eigenvalue weighted by atomic mass is 10.3. The Hall–Kier alpha value is -0.530. The third-order valence-corrected chi connectivity index (χ3v) is 4.60. The van der Waals surface area contributed by atoms with Crippen molar-refractivity contribution in [1.82, 2.24) is 10.2 Å². The number of aliphatic hydroxyl groups excluding tert-OH is 1. The minimum Gasteiger partial charge on any atom is -0.489 e. The Labute approximate surface area is 128 Å². The van der Waals surface area contributed by atoms with Crippen LogP contribution in [-0.4, -0.2) is 33.8 Å². The van der Waals surface area contributed by atoms with Crippen LogP contribution in [0.15, 0.2) is 28.0 Å². The highest BCUT2D eigenvalue weighted by atomic mass is 35.5. The second-order valence-electron chi connectivity index (χ2n) is 3.56. The zero-order chi connectivity index (χ0) is 13.7. The molecule has 4 nitrogen and oxygen atoms in total. The van der Waals surface area contributed by atoms with Gasteiger partial charge in [-0.3, -0.25) is 0 Å². The highest BCUT2D eigenvalue weighted by Crippen LogP contribution is 2.28. The van der Waals surface area contributed by atoms with Crippen molar-refractivity contribution in [2.45, 2.75) is 10.4 Å². The molecule has 0 fully saturated rings. The monoisotopic (exact) mass is 336 g/mol. The summed E-state index contributed by atoms with van der Waals surface area (Å²) in [7, 11) is 0. The summed E-state index contributed by atoms with van der Waals surface area (Å²) in [5, 5.41) is 18.4. The number of ether oxygens (including phenoxy) is 1. The molecule has 1 unspecified atom stereocenters. The van der Waals surface area contributed by atoms with Crippen LogP contribution < -0.4 is 4.74 Å². The van der Waals surface area contributed by atoms with E-state index in [2.05, 4.69) is 10.2 Å². The number of thioether (sulfide) groups is 1. The van der Waals surface area contributed by atoms with E-state index in [0.29, 0.717) is 21.5 Å². The number of benzene rings is 1. The summed E-state index contributed by atoms with van der Waals surface area (Å²) in [6, 6.07) is 4.96. The predicted molar refractivity (Wildman–Crippen MR) is 78.6 cm³/mol. The summed E-state index contributed by atoms with van der Waals surface area (Å²) in [6.45, 7) is 0.160. The zero-order valence-corrected chi connectivity index (χ0v) is 12.8. The number of aliphatic hydroxyl groups is 1. The third-order valence-electron chi connectivity index (χ3n) is 2.06. The average molecular weight is 337 g/mol. The first-order valence-corrected chi connectivity index (χ1v) is 7.92. The highest BCUT2D eigenvalue weighted by Gasteiger charge is 2.09. The van der Waals surface area contributed by atoms with Crippen molar-refractivity contribution >= 4 is 46.3 Å². The minimum absolute atomic E-state index is 0.160. The second-order valence-corrected chi connectivity index (χ2v) is 6.50. The van der Waals surface area contributed by atoms with Crippen molar-refractivity contribution in [3.63, 3.8) is 0 Å². The molecule has 0 saturated carbocycles. The molecule has 0 radical (unpaired) electrons. The molecule has 19 heavy (non-hydrogen) atoms. The van der Waals surface area contributed by atoms with Crippen LogP contribution in [0.5, 0.6) is 5.75 Å². The summed E-state index contributed by atoms with van der Waals surface area (Å²) in [6.07, 6.45) is -0.611. The summed E-state index contributed by atoms with van der Waals surface area (Å²) in [5.41, 5.74) is 1.65. The van der Waals surface area contributed by atoms with Crippen molar-refractivity contribution in [3.05, 3.63) is 33.8 Å². The molecule has 2 aromatic rings. The molecule has 0 aliphatic heterocycles. The fourth-order valence-electron chi connectivity index (χ4n) is 1.22. The Morgan fingerprint density at radius 1 is 1.42 bits per heavy atom. The molecule has 1 N–H and O–H groups in total. The van der Waals surface area contributed by atoms with Crippen molar-refractivity contribution < 1.29 is 9.84 Å². The normalized spacial score (nSPS) is 12.4. The van der Waals surface area contributed by atoms with Crippen molar-refractivity contribution in [1.29, 1.82) is 0 Å². The van der Waals surface area contributed by atoms with E-state index in [1.165, 1.54) is 23.1 Å². The largest absolute Gasteiger partial charge is 0.489 e. The van der Waals surface area contributed by atoms with E-state index in [0.717, 1.165) is 4.34 Å². The summed E-state index contributed by atoms with van der Waals surface area (Å²) >= 11 is 14.6. The lowest BCUT2D eigenvalue weighted by molar-refractivity contribution is 0.126. The van der Waals surface area contributed by atoms with Gasteiger partial charge in [-0.25, -0.2) is 0 Å². The van der Waals surface area contributed by atoms with Crippen LogP contribution in [0, 0.1) is 0 Å². The second kappa shape index (κ2) is 7.31. The number of aromatic nitrogens is 2. The smallest absolute Gasteiger partial charge is 0.174 e. The molecule has 0 amide bonds. The fourth-order valence-corrected chi connectivity index (χ4v) is 3.10. The summed E-state index contributed by atoms with van der Waals surface area (Å²) in [4.78, 5) is 0. The van der Waals surface area contributed by atoms with Gasteiger partial charge >= 0.3 is 0 Å². The zero-order valence-electron chi connectivity index (χ0n) is 9.62. The lowest BCUT2D eigenvalue weighted by Crippen LogP contribution is -2.20. The van der Waals surface area contributed by atoms with Gasteiger partial charge in [0, 0.05) is 10.8 Å². The maximum Gasteiger partial charge on any atom is 0.174 e. The van der Waals surface area contributed by atoms with Gasteiger partial charge in [0.2, 0.25) is 0 Å². The van der Waals surface area contributed by atoms with E-state index < -0.39 is 6.10 Å². The van der Waals surface area contributed by atoms with Gasteiger partial charge in [-0.05, 0) is 18.2 Å². The van der Waals surface area contributed by atoms with E-state index in [1.54, 1.807) is 23.7 Å². The lowest BCUT2D eigenvalue weighted by Gasteiger charge is -2.12. The topological polar surface area (TPSA) is 55.2 Å². The standard InChI is InChI=1S/C11H10Cl2N2O2S2/c12-7-1-2-10(9(13)3-7)17-4-8(16)5-18-11-15-14-6-19-11/h1-3,6,8,16H,4-5H2. The van der Waals surface area contributed by atoms with E-state index in [9.17, 15) is 5.11 Å². The molecule has 0 aliphatic carbocycles. The van der Waals surface area contributed by atoms with E-state index in [1.807, 2.05) is 0 Å². The number of halogens is 2. The van der Waals surface area contributed by atoms with Gasteiger partial charge in [0.05, 0.1) is 11.1 Å². The third kappa shape index (κ3) is 4.81. The first-order valence-electron chi connectivity index (χ1n) is 5.30. The molecule has 2 rings (SSSR count). The van der Waals surface area contributed by atoms with Crippen molar-refractivity contribution in [3.8, 4) is 5.75 Å². The maximum absolute atomic E-state index is 9.80.